The van der Waals surface area contributed by atoms with Crippen molar-refractivity contribution < 1.29 is 17.6 Å². The molecule has 1 aliphatic heterocycles. The zero-order valence-electron chi connectivity index (χ0n) is 13.5. The Hall–Kier alpha value is -1.47. The van der Waals surface area contributed by atoms with Gasteiger partial charge in [0.05, 0.1) is 0 Å². The Bertz CT molecular complexity index is 655. The molecular formula is C16H23FN2O3S. The molecule has 5 nitrogen and oxygen atoms in total. The summed E-state index contributed by atoms with van der Waals surface area (Å²) in [6.45, 7) is 3.43. The molecule has 0 saturated carbocycles. The van der Waals surface area contributed by atoms with Crippen LogP contribution < -0.4 is 5.32 Å². The van der Waals surface area contributed by atoms with Gasteiger partial charge < -0.3 is 5.32 Å². The summed E-state index contributed by atoms with van der Waals surface area (Å²) >= 11 is 0. The molecule has 23 heavy (non-hydrogen) atoms. The van der Waals surface area contributed by atoms with Crippen molar-refractivity contribution in [1.82, 2.24) is 10.2 Å². The smallest absolute Gasteiger partial charge is 0.238 e. The highest BCUT2D eigenvalue weighted by Gasteiger charge is 2.27. The van der Waals surface area contributed by atoms with E-state index in [1.807, 2.05) is 6.07 Å². The van der Waals surface area contributed by atoms with Crippen molar-refractivity contribution in [2.75, 3.05) is 19.3 Å². The van der Waals surface area contributed by atoms with Gasteiger partial charge in [-0.2, -0.15) is 0 Å². The molecule has 1 atom stereocenters. The number of carbonyl (C=O) groups excluding carboxylic acids is 1. The lowest BCUT2D eigenvalue weighted by molar-refractivity contribution is -0.121. The van der Waals surface area contributed by atoms with E-state index in [2.05, 4.69) is 10.2 Å². The van der Waals surface area contributed by atoms with E-state index in [1.165, 1.54) is 13.0 Å². The largest absolute Gasteiger partial charge is 0.352 e. The second kappa shape index (κ2) is 7.40. The molecule has 0 bridgehead atoms. The molecule has 1 aromatic carbocycles. The van der Waals surface area contributed by atoms with Crippen LogP contribution in [0.25, 0.3) is 0 Å². The summed E-state index contributed by atoms with van der Waals surface area (Å²) in [5, 5.41) is 1.77. The molecule has 0 aromatic heterocycles. The van der Waals surface area contributed by atoms with Crippen LogP contribution in [-0.2, 0) is 21.2 Å². The first-order valence-corrected chi connectivity index (χ1v) is 9.68. The number of hydrogen-bond acceptors (Lipinski definition) is 4. The molecular weight excluding hydrogens is 319 g/mol. The number of benzene rings is 1. The Kier molecular flexibility index (Phi) is 5.75. The van der Waals surface area contributed by atoms with Crippen molar-refractivity contribution in [2.24, 2.45) is 0 Å². The number of nitrogens with one attached hydrogen (secondary N) is 1. The van der Waals surface area contributed by atoms with Gasteiger partial charge >= 0.3 is 0 Å². The summed E-state index contributed by atoms with van der Waals surface area (Å²) in [6.07, 6.45) is 2.53. The zero-order chi connectivity index (χ0) is 17.0. The monoisotopic (exact) mass is 342 g/mol. The normalized spacial score (nSPS) is 18.6. The Morgan fingerprint density at radius 3 is 2.52 bits per heavy atom. The number of sulfone groups is 1. The van der Waals surface area contributed by atoms with E-state index >= 15 is 0 Å². The molecule has 1 aromatic rings. The first-order chi connectivity index (χ1) is 10.8. The quantitative estimate of drug-likeness (QED) is 0.877. The van der Waals surface area contributed by atoms with Crippen LogP contribution in [0.2, 0.25) is 0 Å². The first kappa shape index (κ1) is 17.9. The zero-order valence-corrected chi connectivity index (χ0v) is 14.3. The van der Waals surface area contributed by atoms with Crippen LogP contribution >= 0.6 is 0 Å². The molecule has 0 spiro atoms. The highest BCUT2D eigenvalue weighted by atomic mass is 32.2. The van der Waals surface area contributed by atoms with Crippen molar-refractivity contribution in [3.05, 3.63) is 35.6 Å². The van der Waals surface area contributed by atoms with Gasteiger partial charge in [0.2, 0.25) is 5.91 Å². The molecule has 2 rings (SSSR count). The molecule has 0 radical (unpaired) electrons. The topological polar surface area (TPSA) is 66.5 Å². The van der Waals surface area contributed by atoms with Crippen molar-refractivity contribution in [1.29, 1.82) is 0 Å². The third-order valence-corrected chi connectivity index (χ3v) is 5.80. The molecule has 1 fully saturated rings. The Labute approximate surface area is 136 Å². The minimum atomic E-state index is -3.37. The van der Waals surface area contributed by atoms with Crippen molar-refractivity contribution in [3.63, 3.8) is 0 Å². The molecule has 128 valence electrons. The molecule has 1 heterocycles. The number of piperidine rings is 1. The van der Waals surface area contributed by atoms with Gasteiger partial charge in [0.1, 0.15) is 11.1 Å². The maximum Gasteiger partial charge on any atom is 0.238 e. The van der Waals surface area contributed by atoms with Crippen molar-refractivity contribution in [3.8, 4) is 0 Å². The van der Waals surface area contributed by atoms with Gasteiger partial charge in [-0.1, -0.05) is 18.2 Å². The van der Waals surface area contributed by atoms with Gasteiger partial charge in [-0.05, 0) is 25.8 Å². The van der Waals surface area contributed by atoms with Gasteiger partial charge in [-0.25, -0.2) is 12.8 Å². The lowest BCUT2D eigenvalue weighted by Gasteiger charge is -2.32. The van der Waals surface area contributed by atoms with Crippen LogP contribution in [0.4, 0.5) is 4.39 Å². The number of halogens is 1. The summed E-state index contributed by atoms with van der Waals surface area (Å²) < 4.78 is 36.4. The number of carbonyl (C=O) groups is 1. The van der Waals surface area contributed by atoms with Crippen LogP contribution in [0.15, 0.2) is 24.3 Å². The molecule has 1 aliphatic rings. The second-order valence-electron chi connectivity index (χ2n) is 6.12. The second-order valence-corrected chi connectivity index (χ2v) is 8.49. The van der Waals surface area contributed by atoms with Crippen LogP contribution in [0.3, 0.4) is 0 Å². The van der Waals surface area contributed by atoms with Crippen LogP contribution in [0.1, 0.15) is 25.3 Å². The van der Waals surface area contributed by atoms with E-state index in [-0.39, 0.29) is 11.9 Å². The van der Waals surface area contributed by atoms with Crippen LogP contribution in [0, 0.1) is 5.82 Å². The van der Waals surface area contributed by atoms with Gasteiger partial charge in [0.15, 0.2) is 9.84 Å². The van der Waals surface area contributed by atoms with E-state index < -0.39 is 21.0 Å². The lowest BCUT2D eigenvalue weighted by Crippen LogP contribution is -2.48. The number of hydrogen-bond donors (Lipinski definition) is 1. The van der Waals surface area contributed by atoms with Gasteiger partial charge in [0.25, 0.3) is 0 Å². The Morgan fingerprint density at radius 2 is 1.96 bits per heavy atom. The summed E-state index contributed by atoms with van der Waals surface area (Å²) in [4.78, 5) is 14.1. The van der Waals surface area contributed by atoms with Gasteiger partial charge in [-0.3, -0.25) is 9.69 Å². The Morgan fingerprint density at radius 1 is 1.35 bits per heavy atom. The number of nitrogens with zero attached hydrogens (tertiary/aromatic N) is 1. The van der Waals surface area contributed by atoms with Crippen LogP contribution in [-0.4, -0.2) is 49.9 Å². The van der Waals surface area contributed by atoms with E-state index in [4.69, 9.17) is 0 Å². The summed E-state index contributed by atoms with van der Waals surface area (Å²) in [6, 6.07) is 6.69. The van der Waals surface area contributed by atoms with E-state index in [0.29, 0.717) is 12.1 Å². The predicted octanol–water partition coefficient (Wildman–Crippen LogP) is 1.34. The molecule has 0 aliphatic carbocycles. The van der Waals surface area contributed by atoms with Crippen molar-refractivity contribution in [2.45, 2.75) is 37.6 Å². The number of amides is 1. The Balaban J connectivity index is 1.82. The number of rotatable bonds is 5. The third kappa shape index (κ3) is 5.00. The average molecular weight is 342 g/mol. The number of likely N-dealkylation sites (tertiary alicyclic amines) is 1. The van der Waals surface area contributed by atoms with E-state index in [1.54, 1.807) is 12.1 Å². The molecule has 7 heteroatoms. The predicted molar refractivity (Wildman–Crippen MR) is 87.1 cm³/mol. The molecule has 1 N–H and O–H groups in total. The lowest BCUT2D eigenvalue weighted by atomic mass is 10.0. The highest BCUT2D eigenvalue weighted by molar-refractivity contribution is 7.92. The fraction of sp³-hybridized carbons (Fsp3) is 0.562. The standard InChI is InChI=1S/C16H23FN2O3S/c1-12(23(2,21)22)16(20)18-14-7-9-19(10-8-14)11-13-5-3-4-6-15(13)17/h3-6,12,14H,7-11H2,1-2H3,(H,18,20)/t12-/m1/s1. The van der Waals surface area contributed by atoms with Gasteiger partial charge in [-0.15, -0.1) is 0 Å². The molecule has 1 amide bonds. The summed E-state index contributed by atoms with van der Waals surface area (Å²) in [5.41, 5.74) is 0.667. The fourth-order valence-corrected chi connectivity index (χ4v) is 3.07. The van der Waals surface area contributed by atoms with Gasteiger partial charge in [0, 0.05) is 37.5 Å². The third-order valence-electron chi connectivity index (χ3n) is 4.30. The SMILES string of the molecule is C[C@H](C(=O)NC1CCN(Cc2ccccc2F)CC1)S(C)(=O)=O. The maximum absolute atomic E-state index is 13.7. The summed E-state index contributed by atoms with van der Waals surface area (Å²) in [7, 11) is -3.37. The first-order valence-electron chi connectivity index (χ1n) is 7.72. The minimum Gasteiger partial charge on any atom is -0.352 e. The van der Waals surface area contributed by atoms with E-state index in [0.717, 1.165) is 32.2 Å². The highest BCUT2D eigenvalue weighted by Crippen LogP contribution is 2.16. The maximum atomic E-state index is 13.7. The average Bonchev–Trinajstić information content (AvgIpc) is 2.49. The van der Waals surface area contributed by atoms with Crippen LogP contribution in [0.5, 0.6) is 0 Å². The summed E-state index contributed by atoms with van der Waals surface area (Å²) in [5.74, 6) is -0.648. The fourth-order valence-electron chi connectivity index (χ4n) is 2.62. The molecule has 0 unspecified atom stereocenters. The van der Waals surface area contributed by atoms with E-state index in [9.17, 15) is 17.6 Å². The minimum absolute atomic E-state index is 0.0245. The van der Waals surface area contributed by atoms with Crippen molar-refractivity contribution >= 4 is 15.7 Å². The molecule has 1 saturated heterocycles.